The maximum absolute atomic E-state index is 5.36. The molecule has 1 N–H and O–H groups in total. The number of methoxy groups -OCH3 is 3. The first-order chi connectivity index (χ1) is 8.62. The van der Waals surface area contributed by atoms with Crippen LogP contribution in [0.4, 0.5) is 0 Å². The van der Waals surface area contributed by atoms with Crippen LogP contribution in [-0.2, 0) is 11.3 Å². The van der Waals surface area contributed by atoms with Crippen molar-refractivity contribution in [3.63, 3.8) is 0 Å². The van der Waals surface area contributed by atoms with E-state index < -0.39 is 0 Å². The molecule has 0 radical (unpaired) electrons. The summed E-state index contributed by atoms with van der Waals surface area (Å²) in [5.41, 5.74) is 1.08. The van der Waals surface area contributed by atoms with Crippen molar-refractivity contribution in [1.82, 2.24) is 5.32 Å². The molecule has 0 saturated carbocycles. The number of rotatable bonds is 7. The molecule has 0 aliphatic heterocycles. The quantitative estimate of drug-likeness (QED) is 0.839. The van der Waals surface area contributed by atoms with Crippen molar-refractivity contribution < 1.29 is 14.2 Å². The summed E-state index contributed by atoms with van der Waals surface area (Å²) >= 11 is 3.48. The Hall–Kier alpha value is -0.780. The molecule has 4 nitrogen and oxygen atoms in total. The van der Waals surface area contributed by atoms with E-state index in [1.54, 1.807) is 21.3 Å². The van der Waals surface area contributed by atoms with Crippen LogP contribution in [0.1, 0.15) is 12.5 Å². The van der Waals surface area contributed by atoms with Gasteiger partial charge in [0.15, 0.2) is 0 Å². The van der Waals surface area contributed by atoms with E-state index in [9.17, 15) is 0 Å². The first kappa shape index (κ1) is 15.3. The Kier molecular flexibility index (Phi) is 6.46. The molecule has 1 aromatic carbocycles. The lowest BCUT2D eigenvalue weighted by Crippen LogP contribution is -2.29. The van der Waals surface area contributed by atoms with Gasteiger partial charge in [0.05, 0.1) is 25.3 Å². The Labute approximate surface area is 117 Å². The summed E-state index contributed by atoms with van der Waals surface area (Å²) in [6, 6.07) is 4.17. The topological polar surface area (TPSA) is 39.7 Å². The van der Waals surface area contributed by atoms with E-state index in [1.807, 2.05) is 12.1 Å². The third kappa shape index (κ3) is 4.15. The van der Waals surface area contributed by atoms with Crippen LogP contribution in [-0.4, -0.2) is 34.0 Å². The summed E-state index contributed by atoms with van der Waals surface area (Å²) in [5, 5.41) is 3.37. The van der Waals surface area contributed by atoms with Crippen molar-refractivity contribution in [2.24, 2.45) is 0 Å². The lowest BCUT2D eigenvalue weighted by Gasteiger charge is -2.16. The molecule has 102 valence electrons. The monoisotopic (exact) mass is 317 g/mol. The van der Waals surface area contributed by atoms with Crippen LogP contribution in [0.3, 0.4) is 0 Å². The number of nitrogens with one attached hydrogen (secondary N) is 1. The minimum atomic E-state index is 0.292. The van der Waals surface area contributed by atoms with Crippen molar-refractivity contribution in [1.29, 1.82) is 0 Å². The van der Waals surface area contributed by atoms with Crippen molar-refractivity contribution in [3.8, 4) is 11.5 Å². The normalized spacial score (nSPS) is 12.3. The molecule has 0 aliphatic rings. The summed E-state index contributed by atoms with van der Waals surface area (Å²) in [7, 11) is 4.99. The van der Waals surface area contributed by atoms with Crippen molar-refractivity contribution in [2.45, 2.75) is 19.5 Å². The van der Waals surface area contributed by atoms with E-state index in [0.717, 1.165) is 28.1 Å². The molecule has 0 bridgehead atoms. The van der Waals surface area contributed by atoms with Crippen LogP contribution in [0.2, 0.25) is 0 Å². The van der Waals surface area contributed by atoms with E-state index in [2.05, 4.69) is 28.2 Å². The van der Waals surface area contributed by atoms with Gasteiger partial charge in [-0.3, -0.25) is 0 Å². The lowest BCUT2D eigenvalue weighted by atomic mass is 10.1. The largest absolute Gasteiger partial charge is 0.496 e. The van der Waals surface area contributed by atoms with E-state index in [1.165, 1.54) is 0 Å². The zero-order valence-electron chi connectivity index (χ0n) is 11.2. The van der Waals surface area contributed by atoms with Crippen LogP contribution in [0.25, 0.3) is 0 Å². The third-order valence-electron chi connectivity index (χ3n) is 2.61. The van der Waals surface area contributed by atoms with Crippen LogP contribution in [0.5, 0.6) is 11.5 Å². The van der Waals surface area contributed by atoms with Crippen LogP contribution < -0.4 is 14.8 Å². The van der Waals surface area contributed by atoms with Gasteiger partial charge in [0.1, 0.15) is 11.5 Å². The predicted molar refractivity (Wildman–Crippen MR) is 75.4 cm³/mol. The highest BCUT2D eigenvalue weighted by molar-refractivity contribution is 9.10. The van der Waals surface area contributed by atoms with Gasteiger partial charge in [0, 0.05) is 31.3 Å². The van der Waals surface area contributed by atoms with Gasteiger partial charge in [0.25, 0.3) is 0 Å². The summed E-state index contributed by atoms with van der Waals surface area (Å²) in [4.78, 5) is 0. The number of halogens is 1. The number of hydrogen-bond donors (Lipinski definition) is 1. The first-order valence-electron chi connectivity index (χ1n) is 5.75. The minimum Gasteiger partial charge on any atom is -0.496 e. The summed E-state index contributed by atoms with van der Waals surface area (Å²) < 4.78 is 16.6. The van der Waals surface area contributed by atoms with Gasteiger partial charge in [0.2, 0.25) is 0 Å². The van der Waals surface area contributed by atoms with Crippen molar-refractivity contribution in [3.05, 3.63) is 22.2 Å². The molecule has 0 amide bonds. The fourth-order valence-corrected chi connectivity index (χ4v) is 2.21. The predicted octanol–water partition coefficient (Wildman–Crippen LogP) is 2.59. The average Bonchev–Trinajstić information content (AvgIpc) is 2.36. The highest BCUT2D eigenvalue weighted by Gasteiger charge is 2.10. The molecule has 1 aromatic rings. The molecular formula is C13H20BrNO3. The molecule has 0 aliphatic carbocycles. The lowest BCUT2D eigenvalue weighted by molar-refractivity contribution is 0.171. The van der Waals surface area contributed by atoms with Crippen molar-refractivity contribution in [2.75, 3.05) is 27.9 Å². The molecule has 0 aromatic heterocycles. The van der Waals surface area contributed by atoms with Crippen LogP contribution in [0, 0.1) is 0 Å². The average molecular weight is 318 g/mol. The van der Waals surface area contributed by atoms with Gasteiger partial charge in [-0.05, 0) is 28.9 Å². The zero-order valence-corrected chi connectivity index (χ0v) is 12.8. The van der Waals surface area contributed by atoms with Gasteiger partial charge in [-0.25, -0.2) is 0 Å². The maximum atomic E-state index is 5.36. The molecule has 0 fully saturated rings. The minimum absolute atomic E-state index is 0.292. The number of ether oxygens (including phenoxy) is 3. The van der Waals surface area contributed by atoms with Gasteiger partial charge in [-0.2, -0.15) is 0 Å². The van der Waals surface area contributed by atoms with Gasteiger partial charge in [-0.1, -0.05) is 0 Å². The standard InChI is InChI=1S/C13H20BrNO3/c1-9(8-16-2)15-7-10-5-11(14)13(18-4)6-12(10)17-3/h5-6,9,15H,7-8H2,1-4H3/t9-/m1/s1. The van der Waals surface area contributed by atoms with Crippen LogP contribution in [0.15, 0.2) is 16.6 Å². The molecule has 1 rings (SSSR count). The Balaban J connectivity index is 2.78. The molecule has 0 saturated heterocycles. The van der Waals surface area contributed by atoms with Crippen LogP contribution >= 0.6 is 15.9 Å². The molecule has 5 heteroatoms. The molecule has 0 unspecified atom stereocenters. The highest BCUT2D eigenvalue weighted by atomic mass is 79.9. The first-order valence-corrected chi connectivity index (χ1v) is 6.54. The molecule has 0 spiro atoms. The van der Waals surface area contributed by atoms with E-state index in [0.29, 0.717) is 12.6 Å². The fourth-order valence-electron chi connectivity index (χ4n) is 1.65. The summed E-state index contributed by atoms with van der Waals surface area (Å²) in [5.74, 6) is 1.58. The third-order valence-corrected chi connectivity index (χ3v) is 3.23. The summed E-state index contributed by atoms with van der Waals surface area (Å²) in [6.07, 6.45) is 0. The maximum Gasteiger partial charge on any atom is 0.136 e. The number of benzene rings is 1. The van der Waals surface area contributed by atoms with Gasteiger partial charge < -0.3 is 19.5 Å². The number of hydrogen-bond acceptors (Lipinski definition) is 4. The molecular weight excluding hydrogens is 298 g/mol. The highest BCUT2D eigenvalue weighted by Crippen LogP contribution is 2.32. The summed E-state index contributed by atoms with van der Waals surface area (Å²) in [6.45, 7) is 3.48. The molecule has 0 heterocycles. The Morgan fingerprint density at radius 2 is 1.83 bits per heavy atom. The zero-order chi connectivity index (χ0) is 13.5. The Bertz CT molecular complexity index is 385. The van der Waals surface area contributed by atoms with Gasteiger partial charge >= 0.3 is 0 Å². The fraction of sp³-hybridized carbons (Fsp3) is 0.538. The SMILES string of the molecule is COC[C@@H](C)NCc1cc(Br)c(OC)cc1OC. The van der Waals surface area contributed by atoms with E-state index in [-0.39, 0.29) is 0 Å². The van der Waals surface area contributed by atoms with Gasteiger partial charge in [-0.15, -0.1) is 0 Å². The van der Waals surface area contributed by atoms with E-state index >= 15 is 0 Å². The van der Waals surface area contributed by atoms with E-state index in [4.69, 9.17) is 14.2 Å². The molecule has 18 heavy (non-hydrogen) atoms. The Morgan fingerprint density at radius 3 is 2.39 bits per heavy atom. The van der Waals surface area contributed by atoms with Crippen molar-refractivity contribution >= 4 is 15.9 Å². The second kappa shape index (κ2) is 7.61. The molecule has 1 atom stereocenters. The Morgan fingerprint density at radius 1 is 1.17 bits per heavy atom. The second-order valence-electron chi connectivity index (χ2n) is 4.04. The smallest absolute Gasteiger partial charge is 0.136 e. The second-order valence-corrected chi connectivity index (χ2v) is 4.89.